The van der Waals surface area contributed by atoms with E-state index in [-0.39, 0.29) is 23.8 Å². The predicted octanol–water partition coefficient (Wildman–Crippen LogP) is 0.409. The molecule has 122 valence electrons. The van der Waals surface area contributed by atoms with Gasteiger partial charge in [-0.15, -0.1) is 0 Å². The second-order valence-electron chi connectivity index (χ2n) is 5.94. The molecule has 2 heterocycles. The molecule has 7 nitrogen and oxygen atoms in total. The number of rotatable bonds is 3. The number of nitrogens with one attached hydrogen (secondary N) is 1. The van der Waals surface area contributed by atoms with Crippen LogP contribution in [-0.4, -0.2) is 65.4 Å². The van der Waals surface area contributed by atoms with Gasteiger partial charge in [-0.1, -0.05) is 12.8 Å². The maximum atomic E-state index is 12.1. The smallest absolute Gasteiger partial charge is 0.289 e. The molecule has 1 saturated heterocycles. The number of oxazole rings is 1. The maximum absolute atomic E-state index is 12.1. The molecule has 1 aromatic rings. The highest BCUT2D eigenvalue weighted by molar-refractivity contribution is 5.91. The minimum atomic E-state index is -0.576. The number of aromatic nitrogens is 1. The van der Waals surface area contributed by atoms with Crippen molar-refractivity contribution in [2.45, 2.75) is 43.9 Å². The lowest BCUT2D eigenvalue weighted by atomic mass is 9.99. The van der Waals surface area contributed by atoms with E-state index < -0.39 is 6.10 Å². The molecule has 0 unspecified atom stereocenters. The highest BCUT2D eigenvalue weighted by Crippen LogP contribution is 2.24. The van der Waals surface area contributed by atoms with E-state index in [1.807, 2.05) is 0 Å². The third-order valence-electron chi connectivity index (χ3n) is 4.56. The molecule has 0 bridgehead atoms. The van der Waals surface area contributed by atoms with Gasteiger partial charge in [-0.05, 0) is 12.8 Å². The molecule has 1 aliphatic heterocycles. The monoisotopic (exact) mass is 309 g/mol. The highest BCUT2D eigenvalue weighted by atomic mass is 16.5. The lowest BCUT2D eigenvalue weighted by Gasteiger charge is -2.38. The topological polar surface area (TPSA) is 87.8 Å². The van der Waals surface area contributed by atoms with Crippen LogP contribution >= 0.6 is 0 Å². The summed E-state index contributed by atoms with van der Waals surface area (Å²) in [6.07, 6.45) is 5.84. The van der Waals surface area contributed by atoms with Gasteiger partial charge in [0.25, 0.3) is 5.91 Å². The SMILES string of the molecule is O=C(N[C@@H]1CCCC[C@@H](N2CCOCC2)[C@@H]1O)c1cnco1. The number of hydrogen-bond acceptors (Lipinski definition) is 6. The van der Waals surface area contributed by atoms with E-state index in [4.69, 9.17) is 9.15 Å². The number of hydrogen-bond donors (Lipinski definition) is 2. The van der Waals surface area contributed by atoms with Crippen molar-refractivity contribution >= 4 is 5.91 Å². The number of aliphatic hydroxyl groups is 1. The quantitative estimate of drug-likeness (QED) is 0.786. The van der Waals surface area contributed by atoms with Gasteiger partial charge in [-0.3, -0.25) is 9.69 Å². The number of nitrogens with zero attached hydrogens (tertiary/aromatic N) is 2. The number of amides is 1. The third kappa shape index (κ3) is 3.48. The largest absolute Gasteiger partial charge is 0.438 e. The maximum Gasteiger partial charge on any atom is 0.289 e. The van der Waals surface area contributed by atoms with Crippen molar-refractivity contribution in [1.29, 1.82) is 0 Å². The van der Waals surface area contributed by atoms with Crippen LogP contribution in [0.15, 0.2) is 17.0 Å². The Morgan fingerprint density at radius 2 is 2.09 bits per heavy atom. The molecule has 3 atom stereocenters. The highest BCUT2D eigenvalue weighted by Gasteiger charge is 2.35. The van der Waals surface area contributed by atoms with Gasteiger partial charge >= 0.3 is 0 Å². The van der Waals surface area contributed by atoms with E-state index in [2.05, 4.69) is 15.2 Å². The van der Waals surface area contributed by atoms with Gasteiger partial charge in [-0.2, -0.15) is 0 Å². The molecule has 2 aliphatic rings. The first kappa shape index (κ1) is 15.5. The van der Waals surface area contributed by atoms with Crippen LogP contribution in [0, 0.1) is 0 Å². The fourth-order valence-electron chi connectivity index (χ4n) is 3.36. The Morgan fingerprint density at radius 1 is 1.32 bits per heavy atom. The number of morpholine rings is 1. The predicted molar refractivity (Wildman–Crippen MR) is 78.4 cm³/mol. The Kier molecular flexibility index (Phi) is 5.07. The molecule has 0 aromatic carbocycles. The van der Waals surface area contributed by atoms with E-state index in [1.54, 1.807) is 0 Å². The molecule has 7 heteroatoms. The number of carbonyl (C=O) groups is 1. The summed E-state index contributed by atoms with van der Waals surface area (Å²) in [5.74, 6) is -0.136. The zero-order valence-corrected chi connectivity index (χ0v) is 12.6. The summed E-state index contributed by atoms with van der Waals surface area (Å²) in [7, 11) is 0. The Morgan fingerprint density at radius 3 is 2.82 bits per heavy atom. The minimum Gasteiger partial charge on any atom is -0.438 e. The molecular formula is C15H23N3O4. The van der Waals surface area contributed by atoms with Crippen molar-refractivity contribution in [3.05, 3.63) is 18.4 Å². The van der Waals surface area contributed by atoms with E-state index in [9.17, 15) is 9.90 Å². The van der Waals surface area contributed by atoms with Crippen LogP contribution < -0.4 is 5.32 Å². The van der Waals surface area contributed by atoms with Gasteiger partial charge in [0, 0.05) is 19.1 Å². The van der Waals surface area contributed by atoms with Gasteiger partial charge in [-0.25, -0.2) is 4.98 Å². The van der Waals surface area contributed by atoms with Gasteiger partial charge in [0.05, 0.1) is 31.6 Å². The van der Waals surface area contributed by atoms with Gasteiger partial charge < -0.3 is 19.6 Å². The van der Waals surface area contributed by atoms with Crippen molar-refractivity contribution in [2.24, 2.45) is 0 Å². The summed E-state index contributed by atoms with van der Waals surface area (Å²) >= 11 is 0. The lowest BCUT2D eigenvalue weighted by Crippen LogP contribution is -2.55. The van der Waals surface area contributed by atoms with E-state index in [0.29, 0.717) is 13.2 Å². The summed E-state index contributed by atoms with van der Waals surface area (Å²) in [4.78, 5) is 18.2. The van der Waals surface area contributed by atoms with Crippen molar-refractivity contribution in [3.63, 3.8) is 0 Å². The fraction of sp³-hybridized carbons (Fsp3) is 0.733. The van der Waals surface area contributed by atoms with Crippen LogP contribution in [0.5, 0.6) is 0 Å². The van der Waals surface area contributed by atoms with Crippen molar-refractivity contribution in [1.82, 2.24) is 15.2 Å². The lowest BCUT2D eigenvalue weighted by molar-refractivity contribution is -0.0308. The van der Waals surface area contributed by atoms with Gasteiger partial charge in [0.15, 0.2) is 6.39 Å². The normalized spacial score (nSPS) is 30.7. The van der Waals surface area contributed by atoms with Gasteiger partial charge in [0.2, 0.25) is 5.76 Å². The van der Waals surface area contributed by atoms with Crippen molar-refractivity contribution < 1.29 is 19.1 Å². The third-order valence-corrected chi connectivity index (χ3v) is 4.56. The first-order valence-corrected chi connectivity index (χ1v) is 7.95. The molecule has 0 radical (unpaired) electrons. The summed E-state index contributed by atoms with van der Waals surface area (Å²) in [5.41, 5.74) is 0. The average Bonchev–Trinajstić information content (AvgIpc) is 3.02. The van der Waals surface area contributed by atoms with Crippen molar-refractivity contribution in [2.75, 3.05) is 26.3 Å². The number of ether oxygens (including phenoxy) is 1. The molecule has 2 fully saturated rings. The second kappa shape index (κ2) is 7.21. The molecule has 22 heavy (non-hydrogen) atoms. The Hall–Kier alpha value is -1.44. The molecule has 0 spiro atoms. The average molecular weight is 309 g/mol. The first-order valence-electron chi connectivity index (χ1n) is 7.95. The Balaban J connectivity index is 1.66. The van der Waals surface area contributed by atoms with E-state index >= 15 is 0 Å². The first-order chi connectivity index (χ1) is 10.8. The minimum absolute atomic E-state index is 0.0754. The number of aliphatic hydroxyl groups excluding tert-OH is 1. The summed E-state index contributed by atoms with van der Waals surface area (Å²) < 4.78 is 10.4. The Labute approximate surface area is 129 Å². The molecule has 3 rings (SSSR count). The molecule has 1 amide bonds. The Bertz CT molecular complexity index is 473. The second-order valence-corrected chi connectivity index (χ2v) is 5.94. The van der Waals surface area contributed by atoms with Crippen LogP contribution in [0.4, 0.5) is 0 Å². The number of carbonyl (C=O) groups excluding carboxylic acids is 1. The van der Waals surface area contributed by atoms with Crippen LogP contribution in [0.3, 0.4) is 0 Å². The van der Waals surface area contributed by atoms with Crippen LogP contribution in [0.25, 0.3) is 0 Å². The van der Waals surface area contributed by atoms with E-state index in [0.717, 1.165) is 38.8 Å². The summed E-state index contributed by atoms with van der Waals surface area (Å²) in [6, 6.07) is -0.181. The van der Waals surface area contributed by atoms with Crippen LogP contribution in [0.2, 0.25) is 0 Å². The van der Waals surface area contributed by atoms with Gasteiger partial charge in [0.1, 0.15) is 0 Å². The standard InChI is InChI=1S/C15H23N3O4/c19-14-11(17-15(20)13-9-16-10-22-13)3-1-2-4-12(14)18-5-7-21-8-6-18/h9-12,14,19H,1-8H2,(H,17,20)/t11-,12-,14-/m1/s1. The molecule has 1 aromatic heterocycles. The summed E-state index contributed by atoms with van der Waals surface area (Å²) in [6.45, 7) is 3.09. The zero-order chi connectivity index (χ0) is 15.4. The molecule has 2 N–H and O–H groups in total. The zero-order valence-electron chi connectivity index (χ0n) is 12.6. The van der Waals surface area contributed by atoms with Crippen molar-refractivity contribution in [3.8, 4) is 0 Å². The van der Waals surface area contributed by atoms with E-state index in [1.165, 1.54) is 12.6 Å². The fourth-order valence-corrected chi connectivity index (χ4v) is 3.36. The van der Waals surface area contributed by atoms with Crippen LogP contribution in [-0.2, 0) is 4.74 Å². The molecule has 1 aliphatic carbocycles. The molecular weight excluding hydrogens is 286 g/mol. The van der Waals surface area contributed by atoms with Crippen LogP contribution in [0.1, 0.15) is 36.2 Å². The summed E-state index contributed by atoms with van der Waals surface area (Å²) in [5, 5.41) is 13.7. The molecule has 1 saturated carbocycles.